The topological polar surface area (TPSA) is 65.0 Å². The molecule has 0 heterocycles. The maximum absolute atomic E-state index is 11.2. The molecule has 3 atom stereocenters. The van der Waals surface area contributed by atoms with Crippen LogP contribution in [0.25, 0.3) is 11.1 Å². The molecule has 2 aromatic carbocycles. The van der Waals surface area contributed by atoms with E-state index in [4.69, 9.17) is 14.2 Å². The molecule has 0 radical (unpaired) electrons. The van der Waals surface area contributed by atoms with Gasteiger partial charge in [-0.15, -0.1) is 0 Å². The zero-order valence-electron chi connectivity index (χ0n) is 18.4. The van der Waals surface area contributed by atoms with Crippen molar-refractivity contribution < 1.29 is 24.1 Å². The highest BCUT2D eigenvalue weighted by Crippen LogP contribution is 2.44. The van der Waals surface area contributed by atoms with E-state index in [-0.39, 0.29) is 10.0 Å². The molecule has 6 heteroatoms. The van der Waals surface area contributed by atoms with Gasteiger partial charge in [-0.2, -0.15) is 0 Å². The Labute approximate surface area is 202 Å². The summed E-state index contributed by atoms with van der Waals surface area (Å²) in [7, 11) is 1.69. The van der Waals surface area contributed by atoms with Crippen LogP contribution in [0.5, 0.6) is 5.75 Å². The van der Waals surface area contributed by atoms with E-state index in [0.717, 1.165) is 41.2 Å². The lowest BCUT2D eigenvalue weighted by Gasteiger charge is -2.17. The second-order valence-corrected chi connectivity index (χ2v) is 9.71. The number of ether oxygens (including phenoxy) is 3. The number of carboxylic acid groups (broad SMARTS) is 1. The first kappa shape index (κ1) is 22.7. The number of aryl methyl sites for hydroxylation is 2. The van der Waals surface area contributed by atoms with E-state index in [2.05, 4.69) is 78.9 Å². The highest BCUT2D eigenvalue weighted by molar-refractivity contribution is 14.1. The van der Waals surface area contributed by atoms with Crippen LogP contribution in [0.1, 0.15) is 29.5 Å². The molecule has 1 N–H and O–H groups in total. The number of carbonyl (C=O) groups is 1. The quantitative estimate of drug-likeness (QED) is 0.327. The lowest BCUT2D eigenvalue weighted by molar-refractivity contribution is -0.139. The van der Waals surface area contributed by atoms with Crippen LogP contribution in [0.3, 0.4) is 0 Å². The van der Waals surface area contributed by atoms with E-state index in [1.165, 1.54) is 16.7 Å². The van der Waals surface area contributed by atoms with E-state index >= 15 is 0 Å². The number of hydrogen-bond acceptors (Lipinski definition) is 4. The number of rotatable bonds is 8. The van der Waals surface area contributed by atoms with Crippen molar-refractivity contribution in [2.45, 2.75) is 43.3 Å². The Bertz CT molecular complexity index is 1060. The summed E-state index contributed by atoms with van der Waals surface area (Å²) in [6.45, 7) is 4.65. The van der Waals surface area contributed by atoms with Gasteiger partial charge in [0.25, 0.3) is 0 Å². The number of methoxy groups -OCH3 is 1. The molecule has 2 aliphatic rings. The normalized spacial score (nSPS) is 21.9. The Kier molecular flexibility index (Phi) is 6.79. The Balaban J connectivity index is 1.42. The number of alkyl halides is 1. The number of halogens is 1. The number of benzene rings is 2. The molecule has 0 spiro atoms. The van der Waals surface area contributed by atoms with Gasteiger partial charge in [0.15, 0.2) is 0 Å². The number of aliphatic carboxylic acids is 1. The third-order valence-electron chi connectivity index (χ3n) is 5.85. The molecule has 1 fully saturated rings. The van der Waals surface area contributed by atoms with Crippen LogP contribution in [0.4, 0.5) is 0 Å². The predicted molar refractivity (Wildman–Crippen MR) is 132 cm³/mol. The van der Waals surface area contributed by atoms with Crippen molar-refractivity contribution in [3.8, 4) is 16.9 Å². The molecule has 1 saturated carbocycles. The number of hydrogen-bond donors (Lipinski definition) is 1. The fourth-order valence-electron chi connectivity index (χ4n) is 4.16. The van der Waals surface area contributed by atoms with E-state index in [1.54, 1.807) is 7.11 Å². The van der Waals surface area contributed by atoms with Crippen LogP contribution in [0, 0.1) is 19.8 Å². The molecule has 0 aliphatic heterocycles. The van der Waals surface area contributed by atoms with Gasteiger partial charge in [-0.3, -0.25) is 4.79 Å². The molecule has 0 amide bonds. The Morgan fingerprint density at radius 2 is 1.94 bits per heavy atom. The lowest BCUT2D eigenvalue weighted by Crippen LogP contribution is -2.07. The number of carboxylic acids is 1. The summed E-state index contributed by atoms with van der Waals surface area (Å²) in [5, 5.41) is 9.20. The van der Waals surface area contributed by atoms with E-state index in [0.29, 0.717) is 6.61 Å². The smallest absolute Gasteiger partial charge is 0.311 e. The summed E-state index contributed by atoms with van der Waals surface area (Å²) in [5.41, 5.74) is 5.80. The van der Waals surface area contributed by atoms with Gasteiger partial charge in [-0.25, -0.2) is 0 Å². The lowest BCUT2D eigenvalue weighted by atomic mass is 9.94. The van der Waals surface area contributed by atoms with Gasteiger partial charge < -0.3 is 19.3 Å². The first-order valence-electron chi connectivity index (χ1n) is 10.7. The summed E-state index contributed by atoms with van der Waals surface area (Å²) in [6.07, 6.45) is 5.29. The molecule has 4 rings (SSSR count). The van der Waals surface area contributed by atoms with Gasteiger partial charge in [0.2, 0.25) is 0 Å². The minimum absolute atomic E-state index is 0.0221. The second kappa shape index (κ2) is 9.57. The van der Waals surface area contributed by atoms with Crippen molar-refractivity contribution in [1.29, 1.82) is 0 Å². The fraction of sp³-hybridized carbons (Fsp3) is 0.346. The molecule has 0 unspecified atom stereocenters. The van der Waals surface area contributed by atoms with Crippen LogP contribution < -0.4 is 4.74 Å². The van der Waals surface area contributed by atoms with E-state index in [9.17, 15) is 9.90 Å². The Morgan fingerprint density at radius 1 is 1.19 bits per heavy atom. The monoisotopic (exact) mass is 546 g/mol. The summed E-state index contributed by atoms with van der Waals surface area (Å²) in [5.74, 6) is 1.23. The van der Waals surface area contributed by atoms with Crippen LogP contribution in [0.15, 0.2) is 60.1 Å². The average Bonchev–Trinajstić information content (AvgIpc) is 3.41. The first-order chi connectivity index (χ1) is 15.4. The molecular weight excluding hydrogens is 519 g/mol. The second-order valence-electron chi connectivity index (χ2n) is 8.27. The van der Waals surface area contributed by atoms with Crippen LogP contribution in [-0.4, -0.2) is 28.2 Å². The predicted octanol–water partition coefficient (Wildman–Crippen LogP) is 5.96. The summed E-state index contributed by atoms with van der Waals surface area (Å²) in [6, 6.07) is 12.5. The summed E-state index contributed by atoms with van der Waals surface area (Å²) in [4.78, 5) is 11.2. The summed E-state index contributed by atoms with van der Waals surface area (Å²) < 4.78 is 17.4. The summed E-state index contributed by atoms with van der Waals surface area (Å²) >= 11 is 2.15. The van der Waals surface area contributed by atoms with Crippen molar-refractivity contribution in [3.63, 3.8) is 0 Å². The molecule has 0 aromatic heterocycles. The largest absolute Gasteiger partial charge is 0.497 e. The van der Waals surface area contributed by atoms with Crippen molar-refractivity contribution in [1.82, 2.24) is 0 Å². The standard InChI is InChI=1S/C26H27IO5/c1-15-10-21(30-3)11-16(2)22(15)18-7-4-6-17(12-18)14-31-19-8-5-9-20(13-19)32-25-23(24(25)27)26(28)29/h4,6-8,10-13,23-25H,5,9,14H2,1-3H3,(H,28,29)/t23-,24-,25+/m1/s1. The average molecular weight is 546 g/mol. The third-order valence-corrected chi connectivity index (χ3v) is 7.33. The zero-order valence-corrected chi connectivity index (χ0v) is 20.6. The van der Waals surface area contributed by atoms with Crippen molar-refractivity contribution in [2.75, 3.05) is 7.11 Å². The maximum Gasteiger partial charge on any atom is 0.311 e. The third kappa shape index (κ3) is 4.95. The zero-order chi connectivity index (χ0) is 22.8. The minimum Gasteiger partial charge on any atom is -0.497 e. The Hall–Kier alpha value is -2.48. The number of allylic oxidation sites excluding steroid dienone is 3. The van der Waals surface area contributed by atoms with Gasteiger partial charge in [-0.1, -0.05) is 40.8 Å². The first-order valence-corrected chi connectivity index (χ1v) is 11.9. The van der Waals surface area contributed by atoms with Gasteiger partial charge in [-0.05, 0) is 72.4 Å². The maximum atomic E-state index is 11.2. The highest BCUT2D eigenvalue weighted by Gasteiger charge is 2.56. The van der Waals surface area contributed by atoms with Gasteiger partial charge in [0.1, 0.15) is 35.9 Å². The molecule has 5 nitrogen and oxygen atoms in total. The fourth-order valence-corrected chi connectivity index (χ4v) is 5.23. The van der Waals surface area contributed by atoms with Gasteiger partial charge >= 0.3 is 5.97 Å². The van der Waals surface area contributed by atoms with Crippen LogP contribution in [-0.2, 0) is 20.9 Å². The van der Waals surface area contributed by atoms with Gasteiger partial charge in [0.05, 0.1) is 11.0 Å². The molecular formula is C26H27IO5. The van der Waals surface area contributed by atoms with Crippen molar-refractivity contribution >= 4 is 28.6 Å². The molecule has 168 valence electrons. The van der Waals surface area contributed by atoms with Crippen molar-refractivity contribution in [2.24, 2.45) is 5.92 Å². The molecule has 0 bridgehead atoms. The molecule has 2 aromatic rings. The Morgan fingerprint density at radius 3 is 2.59 bits per heavy atom. The van der Waals surface area contributed by atoms with Crippen LogP contribution in [0.2, 0.25) is 0 Å². The highest BCUT2D eigenvalue weighted by atomic mass is 127. The van der Waals surface area contributed by atoms with Crippen molar-refractivity contribution in [3.05, 3.63) is 76.8 Å². The SMILES string of the molecule is COc1cc(C)c(-c2cccc(COC3=CCCC(O[C@@H]4[C@H](I)[C@H]4C(=O)O)=C3)c2)c(C)c1. The molecule has 2 aliphatic carbocycles. The minimum atomic E-state index is -0.792. The molecule has 0 saturated heterocycles. The van der Waals surface area contributed by atoms with E-state index < -0.39 is 11.9 Å². The van der Waals surface area contributed by atoms with Gasteiger partial charge in [0, 0.05) is 12.5 Å². The van der Waals surface area contributed by atoms with Crippen LogP contribution >= 0.6 is 22.6 Å². The molecule has 32 heavy (non-hydrogen) atoms. The van der Waals surface area contributed by atoms with E-state index in [1.807, 2.05) is 6.08 Å².